The molecule has 0 bridgehead atoms. The van der Waals surface area contributed by atoms with Crippen molar-refractivity contribution in [3.63, 3.8) is 0 Å². The van der Waals surface area contributed by atoms with Crippen molar-refractivity contribution >= 4 is 0 Å². The van der Waals surface area contributed by atoms with Crippen LogP contribution in [0.3, 0.4) is 0 Å². The fourth-order valence-electron chi connectivity index (χ4n) is 2.68. The van der Waals surface area contributed by atoms with Crippen LogP contribution in [0.15, 0.2) is 36.5 Å². The van der Waals surface area contributed by atoms with Crippen LogP contribution in [0.4, 0.5) is 0 Å². The summed E-state index contributed by atoms with van der Waals surface area (Å²) in [4.78, 5) is 0. The Morgan fingerprint density at radius 1 is 1.04 bits per heavy atom. The first-order valence-electron chi connectivity index (χ1n) is 7.96. The molecule has 0 amide bonds. The van der Waals surface area contributed by atoms with Crippen molar-refractivity contribution in [1.29, 1.82) is 0 Å². The summed E-state index contributed by atoms with van der Waals surface area (Å²) in [7, 11) is 0. The van der Waals surface area contributed by atoms with Gasteiger partial charge in [-0.1, -0.05) is 23.4 Å². The van der Waals surface area contributed by atoms with Gasteiger partial charge in [0.1, 0.15) is 48.6 Å². The zero-order chi connectivity index (χ0) is 17.8. The van der Waals surface area contributed by atoms with E-state index in [1.54, 1.807) is 6.20 Å². The highest BCUT2D eigenvalue weighted by atomic mass is 16.5. The van der Waals surface area contributed by atoms with Crippen LogP contribution >= 0.6 is 0 Å². The van der Waals surface area contributed by atoms with E-state index in [-0.39, 0.29) is 13.2 Å². The fourth-order valence-corrected chi connectivity index (χ4v) is 2.68. The molecule has 2 aromatic rings. The average molecular weight is 351 g/mol. The molecule has 0 unspecified atom stereocenters. The molecule has 5 atom stereocenters. The van der Waals surface area contributed by atoms with E-state index in [9.17, 15) is 20.4 Å². The van der Waals surface area contributed by atoms with Gasteiger partial charge in [-0.2, -0.15) is 0 Å². The summed E-state index contributed by atoms with van der Waals surface area (Å²) in [5.41, 5.74) is 0.591. The highest BCUT2D eigenvalue weighted by Gasteiger charge is 2.43. The van der Waals surface area contributed by atoms with Crippen molar-refractivity contribution in [2.75, 3.05) is 6.61 Å². The Morgan fingerprint density at radius 2 is 1.76 bits per heavy atom. The fraction of sp³-hybridized carbons (Fsp3) is 0.500. The molecular weight excluding hydrogens is 330 g/mol. The lowest BCUT2D eigenvalue weighted by atomic mass is 9.95. The van der Waals surface area contributed by atoms with Crippen LogP contribution in [-0.4, -0.2) is 72.5 Å². The molecule has 136 valence electrons. The van der Waals surface area contributed by atoms with Crippen LogP contribution in [0.25, 0.3) is 0 Å². The summed E-state index contributed by atoms with van der Waals surface area (Å²) in [6.45, 7) is -0.118. The van der Waals surface area contributed by atoms with Gasteiger partial charge >= 0.3 is 0 Å². The Morgan fingerprint density at radius 3 is 2.48 bits per heavy atom. The van der Waals surface area contributed by atoms with E-state index < -0.39 is 37.1 Å². The molecule has 1 aliphatic rings. The summed E-state index contributed by atoms with van der Waals surface area (Å²) in [5, 5.41) is 46.7. The van der Waals surface area contributed by atoms with E-state index in [1.807, 2.05) is 30.3 Å². The van der Waals surface area contributed by atoms with Crippen molar-refractivity contribution in [3.8, 4) is 5.75 Å². The molecule has 0 radical (unpaired) electrons. The predicted octanol–water partition coefficient (Wildman–Crippen LogP) is -1.30. The molecular formula is C16H21N3O6. The minimum atomic E-state index is -1.40. The van der Waals surface area contributed by atoms with Gasteiger partial charge in [0.05, 0.1) is 19.3 Å². The van der Waals surface area contributed by atoms with Gasteiger partial charge < -0.3 is 29.9 Å². The van der Waals surface area contributed by atoms with Crippen LogP contribution in [0, 0.1) is 0 Å². The molecule has 4 N–H and O–H groups in total. The number of hydrogen-bond donors (Lipinski definition) is 4. The second kappa shape index (κ2) is 7.89. The molecule has 9 heteroatoms. The summed E-state index contributed by atoms with van der Waals surface area (Å²) in [6, 6.07) is 9.29. The lowest BCUT2D eigenvalue weighted by Crippen LogP contribution is -2.59. The molecule has 25 heavy (non-hydrogen) atoms. The number of nitrogens with zero attached hydrogens (tertiary/aromatic N) is 3. The number of hydrogen-bond acceptors (Lipinski definition) is 8. The highest BCUT2D eigenvalue weighted by Crippen LogP contribution is 2.22. The number of ether oxygens (including phenoxy) is 2. The van der Waals surface area contributed by atoms with E-state index >= 15 is 0 Å². The maximum atomic E-state index is 10.0. The summed E-state index contributed by atoms with van der Waals surface area (Å²) < 4.78 is 12.5. The van der Waals surface area contributed by atoms with Gasteiger partial charge in [-0.05, 0) is 12.1 Å². The van der Waals surface area contributed by atoms with Crippen LogP contribution in [0.2, 0.25) is 0 Å². The molecule has 1 fully saturated rings. The number of rotatable bonds is 6. The summed E-state index contributed by atoms with van der Waals surface area (Å²) in [6.07, 6.45) is -4.20. The first-order valence-corrected chi connectivity index (χ1v) is 7.96. The normalized spacial score (nSPS) is 29.5. The third-order valence-electron chi connectivity index (χ3n) is 4.07. The zero-order valence-corrected chi connectivity index (χ0v) is 13.4. The SMILES string of the molecule is OC[C@H]1O[C@H](Cn2cc(COc3ccccc3)nn2)[C@@H](O)[C@@H](O)[C@@H]1O. The minimum absolute atomic E-state index is 0.111. The van der Waals surface area contributed by atoms with Gasteiger partial charge in [0.15, 0.2) is 0 Å². The van der Waals surface area contributed by atoms with E-state index in [0.717, 1.165) is 0 Å². The standard InChI is InChI=1S/C16H21N3O6/c20-8-13-15(22)16(23)14(21)12(25-13)7-19-6-10(17-18-19)9-24-11-4-2-1-3-5-11/h1-6,12-16,20-23H,7-9H2/t12-,13-,14-,15-,16-/m1/s1. The average Bonchev–Trinajstić information content (AvgIpc) is 3.09. The number of aliphatic hydroxyl groups is 4. The highest BCUT2D eigenvalue weighted by molar-refractivity contribution is 5.21. The van der Waals surface area contributed by atoms with Crippen LogP contribution in [0.5, 0.6) is 5.75 Å². The third-order valence-corrected chi connectivity index (χ3v) is 4.07. The van der Waals surface area contributed by atoms with Gasteiger partial charge in [-0.15, -0.1) is 5.10 Å². The van der Waals surface area contributed by atoms with Gasteiger partial charge in [0, 0.05) is 0 Å². The van der Waals surface area contributed by atoms with Crippen LogP contribution < -0.4 is 4.74 Å². The second-order valence-electron chi connectivity index (χ2n) is 5.90. The van der Waals surface area contributed by atoms with E-state index in [4.69, 9.17) is 9.47 Å². The Bertz CT molecular complexity index is 665. The van der Waals surface area contributed by atoms with Crippen molar-refractivity contribution in [3.05, 3.63) is 42.2 Å². The van der Waals surface area contributed by atoms with Gasteiger partial charge in [0.25, 0.3) is 0 Å². The molecule has 9 nitrogen and oxygen atoms in total. The Labute approximate surface area is 144 Å². The van der Waals surface area contributed by atoms with Gasteiger partial charge in [-0.3, -0.25) is 0 Å². The van der Waals surface area contributed by atoms with Crippen molar-refractivity contribution in [2.45, 2.75) is 43.7 Å². The topological polar surface area (TPSA) is 130 Å². The molecule has 0 aliphatic carbocycles. The maximum absolute atomic E-state index is 10.0. The van der Waals surface area contributed by atoms with Crippen LogP contribution in [-0.2, 0) is 17.9 Å². The number of aromatic nitrogens is 3. The Hall–Kier alpha value is -2.04. The molecule has 0 saturated carbocycles. The van der Waals surface area contributed by atoms with E-state index in [1.165, 1.54) is 4.68 Å². The quantitative estimate of drug-likeness (QED) is 0.505. The third kappa shape index (κ3) is 4.14. The Kier molecular flexibility index (Phi) is 5.61. The van der Waals surface area contributed by atoms with Crippen molar-refractivity contribution in [1.82, 2.24) is 15.0 Å². The van der Waals surface area contributed by atoms with Gasteiger partial charge in [0.2, 0.25) is 0 Å². The van der Waals surface area contributed by atoms with Crippen molar-refractivity contribution in [2.24, 2.45) is 0 Å². The molecule has 1 aromatic carbocycles. The molecule has 1 aliphatic heterocycles. The molecule has 3 rings (SSSR count). The second-order valence-corrected chi connectivity index (χ2v) is 5.90. The number of benzene rings is 1. The monoisotopic (exact) mass is 351 g/mol. The lowest BCUT2D eigenvalue weighted by molar-refractivity contribution is -0.232. The smallest absolute Gasteiger partial charge is 0.134 e. The molecule has 2 heterocycles. The Balaban J connectivity index is 1.59. The van der Waals surface area contributed by atoms with Gasteiger partial charge in [-0.25, -0.2) is 4.68 Å². The first-order chi connectivity index (χ1) is 12.1. The summed E-state index contributed by atoms with van der Waals surface area (Å²) >= 11 is 0. The predicted molar refractivity (Wildman–Crippen MR) is 84.6 cm³/mol. The zero-order valence-electron chi connectivity index (χ0n) is 13.4. The number of aliphatic hydroxyl groups excluding tert-OH is 4. The van der Waals surface area contributed by atoms with Crippen LogP contribution in [0.1, 0.15) is 5.69 Å². The molecule has 1 aromatic heterocycles. The number of para-hydroxylation sites is 1. The van der Waals surface area contributed by atoms with E-state index in [0.29, 0.717) is 11.4 Å². The summed E-state index contributed by atoms with van der Waals surface area (Å²) in [5.74, 6) is 0.714. The lowest BCUT2D eigenvalue weighted by Gasteiger charge is -2.39. The van der Waals surface area contributed by atoms with Crippen molar-refractivity contribution < 1.29 is 29.9 Å². The maximum Gasteiger partial charge on any atom is 0.134 e. The largest absolute Gasteiger partial charge is 0.487 e. The van der Waals surface area contributed by atoms with E-state index in [2.05, 4.69) is 10.3 Å². The first kappa shape index (κ1) is 17.8. The molecule has 1 saturated heterocycles. The minimum Gasteiger partial charge on any atom is -0.487 e. The molecule has 0 spiro atoms.